The molecule has 252 valence electrons. The lowest BCUT2D eigenvalue weighted by Crippen LogP contribution is -2.51. The van der Waals surface area contributed by atoms with Crippen LogP contribution in [0.25, 0.3) is 0 Å². The van der Waals surface area contributed by atoms with Crippen LogP contribution in [0.1, 0.15) is 95.5 Å². The van der Waals surface area contributed by atoms with E-state index in [0.717, 1.165) is 31.7 Å². The molecule has 1 aromatic heterocycles. The van der Waals surface area contributed by atoms with Crippen molar-refractivity contribution in [1.82, 2.24) is 19.6 Å². The van der Waals surface area contributed by atoms with Gasteiger partial charge in [0.25, 0.3) is 5.91 Å². The highest BCUT2D eigenvalue weighted by atomic mass is 19.1. The van der Waals surface area contributed by atoms with Gasteiger partial charge in [-0.15, -0.1) is 0 Å². The van der Waals surface area contributed by atoms with Crippen molar-refractivity contribution in [2.24, 2.45) is 11.3 Å². The van der Waals surface area contributed by atoms with Crippen LogP contribution < -0.4 is 0 Å². The first-order valence-corrected chi connectivity index (χ1v) is 16.7. The Hall–Kier alpha value is -3.27. The Kier molecular flexibility index (Phi) is 9.69. The quantitative estimate of drug-likeness (QED) is 0.375. The Morgan fingerprint density at radius 2 is 1.72 bits per heavy atom. The molecule has 0 unspecified atom stereocenters. The number of hydrogen-bond acceptors (Lipinski definition) is 5. The van der Waals surface area contributed by atoms with Crippen molar-refractivity contribution in [3.05, 3.63) is 59.6 Å². The van der Waals surface area contributed by atoms with Gasteiger partial charge in [-0.2, -0.15) is 0 Å². The standard InChI is InChI=1S/C36H50F2N4O4/c1-8-39(7)34(45)31-18-26(42(32(43)23-13-16-46-22-23)25-11-14-36(5,6)15-12-25)19-41(31)33(44)29-21-40(35(2,3)4)20-28(29)27-10-9-24(37)17-30(27)38/h9-10,13,16-17,22,25-26,28-29,31H,8,11-12,14-15,18-21H2,1-7H3/t26-,28-,29+,31-/m0/s1. The van der Waals surface area contributed by atoms with Crippen molar-refractivity contribution >= 4 is 17.7 Å². The van der Waals surface area contributed by atoms with Crippen LogP contribution in [0, 0.1) is 23.0 Å². The zero-order valence-electron chi connectivity index (χ0n) is 28.4. The van der Waals surface area contributed by atoms with E-state index < -0.39 is 29.5 Å². The molecule has 0 radical (unpaired) electrons. The summed E-state index contributed by atoms with van der Waals surface area (Å²) >= 11 is 0. The lowest BCUT2D eigenvalue weighted by atomic mass is 9.75. The van der Waals surface area contributed by atoms with Crippen LogP contribution in [0.2, 0.25) is 0 Å². The molecule has 0 spiro atoms. The Morgan fingerprint density at radius 3 is 2.30 bits per heavy atom. The fourth-order valence-electron chi connectivity index (χ4n) is 7.66. The molecule has 0 N–H and O–H groups in total. The predicted molar refractivity (Wildman–Crippen MR) is 172 cm³/mol. The van der Waals surface area contributed by atoms with Crippen molar-refractivity contribution < 1.29 is 27.6 Å². The summed E-state index contributed by atoms with van der Waals surface area (Å²) in [5.74, 6) is -3.06. The van der Waals surface area contributed by atoms with Gasteiger partial charge in [0.05, 0.1) is 23.8 Å². The van der Waals surface area contributed by atoms with Gasteiger partial charge in [-0.05, 0) is 82.9 Å². The molecule has 1 aliphatic carbocycles. The summed E-state index contributed by atoms with van der Waals surface area (Å²) in [7, 11) is 1.73. The number of amides is 3. The van der Waals surface area contributed by atoms with Crippen LogP contribution in [0.15, 0.2) is 41.2 Å². The maximum Gasteiger partial charge on any atom is 0.257 e. The molecule has 1 saturated carbocycles. The second-order valence-electron chi connectivity index (χ2n) is 15.3. The maximum absolute atomic E-state index is 15.3. The van der Waals surface area contributed by atoms with Crippen LogP contribution in [0.5, 0.6) is 0 Å². The molecule has 8 nitrogen and oxygen atoms in total. The SMILES string of the molecule is CCN(C)C(=O)[C@@H]1C[C@H](N(C(=O)c2ccoc2)C2CCC(C)(C)CC2)CN1C(=O)[C@@H]1CN(C(C)(C)C)C[C@H]1c1ccc(F)cc1F. The molecular weight excluding hydrogens is 590 g/mol. The fraction of sp³-hybridized carbons (Fsp3) is 0.639. The smallest absolute Gasteiger partial charge is 0.257 e. The molecule has 4 atom stereocenters. The summed E-state index contributed by atoms with van der Waals surface area (Å²) < 4.78 is 34.5. The zero-order chi connectivity index (χ0) is 33.6. The molecule has 3 fully saturated rings. The van der Waals surface area contributed by atoms with Crippen LogP contribution in [0.3, 0.4) is 0 Å². The Bertz CT molecular complexity index is 1410. The maximum atomic E-state index is 15.3. The molecule has 2 aliphatic heterocycles. The number of likely N-dealkylation sites (tertiary alicyclic amines) is 2. The van der Waals surface area contributed by atoms with E-state index in [1.807, 2.05) is 11.8 Å². The molecule has 3 aliphatic rings. The molecule has 1 aromatic carbocycles. The highest BCUT2D eigenvalue weighted by molar-refractivity contribution is 5.95. The number of likely N-dealkylation sites (N-methyl/N-ethyl adjacent to an activating group) is 1. The highest BCUT2D eigenvalue weighted by Gasteiger charge is 2.51. The molecule has 10 heteroatoms. The number of hydrogen-bond donors (Lipinski definition) is 0. The first-order chi connectivity index (χ1) is 21.6. The molecule has 46 heavy (non-hydrogen) atoms. The summed E-state index contributed by atoms with van der Waals surface area (Å²) in [4.78, 5) is 50.1. The third-order valence-corrected chi connectivity index (χ3v) is 10.7. The van der Waals surface area contributed by atoms with Gasteiger partial charge >= 0.3 is 0 Å². The number of rotatable bonds is 7. The van der Waals surface area contributed by atoms with Gasteiger partial charge in [0.2, 0.25) is 11.8 Å². The van der Waals surface area contributed by atoms with E-state index in [1.165, 1.54) is 24.7 Å². The van der Waals surface area contributed by atoms with Gasteiger partial charge < -0.3 is 19.1 Å². The molecule has 5 rings (SSSR count). The number of furan rings is 1. The zero-order valence-corrected chi connectivity index (χ0v) is 28.4. The van der Waals surface area contributed by atoms with Crippen LogP contribution in [-0.2, 0) is 9.59 Å². The lowest BCUT2D eigenvalue weighted by Gasteiger charge is -2.42. The van der Waals surface area contributed by atoms with Crippen LogP contribution in [-0.4, -0.2) is 94.2 Å². The predicted octanol–water partition coefficient (Wildman–Crippen LogP) is 5.93. The summed E-state index contributed by atoms with van der Waals surface area (Å²) in [5.41, 5.74) is 0.647. The molecule has 0 bridgehead atoms. The van der Waals surface area contributed by atoms with Gasteiger partial charge in [0.1, 0.15) is 23.9 Å². The normalized spacial score (nSPS) is 25.5. The van der Waals surface area contributed by atoms with Gasteiger partial charge in [0.15, 0.2) is 0 Å². The molecule has 2 aromatic rings. The molecular formula is C36H50F2N4O4. The molecule has 3 heterocycles. The molecule has 2 saturated heterocycles. The summed E-state index contributed by atoms with van der Waals surface area (Å²) in [5, 5.41) is 0. The van der Waals surface area contributed by atoms with E-state index in [1.54, 1.807) is 22.9 Å². The Labute approximate surface area is 272 Å². The third-order valence-electron chi connectivity index (χ3n) is 10.7. The van der Waals surface area contributed by atoms with Crippen molar-refractivity contribution in [2.45, 2.75) is 103 Å². The van der Waals surface area contributed by atoms with E-state index in [4.69, 9.17) is 4.42 Å². The van der Waals surface area contributed by atoms with Crippen LogP contribution in [0.4, 0.5) is 8.78 Å². The van der Waals surface area contributed by atoms with E-state index in [9.17, 15) is 18.8 Å². The first kappa shape index (κ1) is 34.1. The minimum Gasteiger partial charge on any atom is -0.472 e. The van der Waals surface area contributed by atoms with Crippen molar-refractivity contribution in [3.63, 3.8) is 0 Å². The van der Waals surface area contributed by atoms with Crippen molar-refractivity contribution in [3.8, 4) is 0 Å². The topological polar surface area (TPSA) is 77.3 Å². The second-order valence-corrected chi connectivity index (χ2v) is 15.3. The highest BCUT2D eigenvalue weighted by Crippen LogP contribution is 2.42. The number of carbonyl (C=O) groups excluding carboxylic acids is 3. The summed E-state index contributed by atoms with van der Waals surface area (Å²) in [6, 6.07) is 4.04. The Morgan fingerprint density at radius 1 is 1.02 bits per heavy atom. The number of nitrogens with zero attached hydrogens (tertiary/aromatic N) is 4. The number of benzene rings is 1. The molecule has 3 amide bonds. The average molecular weight is 641 g/mol. The minimum absolute atomic E-state index is 0.0287. The number of carbonyl (C=O) groups is 3. The van der Waals surface area contributed by atoms with Gasteiger partial charge in [0, 0.05) is 56.8 Å². The van der Waals surface area contributed by atoms with E-state index >= 15 is 4.39 Å². The third kappa shape index (κ3) is 6.87. The number of halogens is 2. The monoisotopic (exact) mass is 640 g/mol. The largest absolute Gasteiger partial charge is 0.472 e. The first-order valence-electron chi connectivity index (χ1n) is 16.7. The van der Waals surface area contributed by atoms with E-state index in [-0.39, 0.29) is 47.3 Å². The minimum atomic E-state index is -0.760. The second kappa shape index (κ2) is 13.1. The van der Waals surface area contributed by atoms with E-state index in [2.05, 4.69) is 39.5 Å². The van der Waals surface area contributed by atoms with Crippen molar-refractivity contribution in [1.29, 1.82) is 0 Å². The average Bonchev–Trinajstić information content (AvgIpc) is 3.77. The van der Waals surface area contributed by atoms with Crippen molar-refractivity contribution in [2.75, 3.05) is 33.2 Å². The van der Waals surface area contributed by atoms with Gasteiger partial charge in [-0.3, -0.25) is 19.3 Å². The summed E-state index contributed by atoms with van der Waals surface area (Å²) in [6.45, 7) is 14.0. The Balaban J connectivity index is 1.51. The van der Waals surface area contributed by atoms with E-state index in [0.29, 0.717) is 37.2 Å². The fourth-order valence-corrected chi connectivity index (χ4v) is 7.66. The van der Waals surface area contributed by atoms with Crippen LogP contribution >= 0.6 is 0 Å². The van der Waals surface area contributed by atoms with Gasteiger partial charge in [-0.25, -0.2) is 8.78 Å². The summed E-state index contributed by atoms with van der Waals surface area (Å²) in [6.07, 6.45) is 6.88. The van der Waals surface area contributed by atoms with Gasteiger partial charge in [-0.1, -0.05) is 19.9 Å². The lowest BCUT2D eigenvalue weighted by molar-refractivity contribution is -0.145.